The molecular formula is C17H20N2O. The highest BCUT2D eigenvalue weighted by atomic mass is 16.5. The molecule has 0 aromatic heterocycles. The van der Waals surface area contributed by atoms with Crippen LogP contribution >= 0.6 is 0 Å². The van der Waals surface area contributed by atoms with E-state index in [0.717, 1.165) is 25.4 Å². The number of benzene rings is 2. The molecular weight excluding hydrogens is 248 g/mol. The number of rotatable bonds is 4. The molecule has 0 unspecified atom stereocenters. The van der Waals surface area contributed by atoms with Crippen molar-refractivity contribution < 1.29 is 4.74 Å². The van der Waals surface area contributed by atoms with E-state index in [9.17, 15) is 0 Å². The monoisotopic (exact) mass is 268 g/mol. The molecule has 0 bridgehead atoms. The van der Waals surface area contributed by atoms with E-state index in [1.54, 1.807) is 0 Å². The Balaban J connectivity index is 1.58. The second kappa shape index (κ2) is 6.55. The third kappa shape index (κ3) is 3.38. The second-order valence-electron chi connectivity index (χ2n) is 5.05. The van der Waals surface area contributed by atoms with Crippen molar-refractivity contribution in [3.05, 3.63) is 65.7 Å². The number of ether oxygens (including phenoxy) is 1. The molecule has 20 heavy (non-hydrogen) atoms. The molecule has 0 saturated carbocycles. The van der Waals surface area contributed by atoms with Gasteiger partial charge in [0.2, 0.25) is 0 Å². The van der Waals surface area contributed by atoms with Crippen molar-refractivity contribution in [1.29, 1.82) is 0 Å². The molecule has 104 valence electrons. The molecule has 1 saturated heterocycles. The van der Waals surface area contributed by atoms with Crippen LogP contribution in [0.25, 0.3) is 0 Å². The van der Waals surface area contributed by atoms with Gasteiger partial charge in [0, 0.05) is 25.7 Å². The van der Waals surface area contributed by atoms with E-state index < -0.39 is 0 Å². The Hall–Kier alpha value is -1.84. The Morgan fingerprint density at radius 3 is 2.45 bits per heavy atom. The summed E-state index contributed by atoms with van der Waals surface area (Å²) in [5.41, 5.74) is 2.50. The predicted octanol–water partition coefficient (Wildman–Crippen LogP) is 2.50. The van der Waals surface area contributed by atoms with Crippen LogP contribution in [0, 0.1) is 0 Å². The van der Waals surface area contributed by atoms with Gasteiger partial charge in [0.05, 0.1) is 0 Å². The molecule has 0 spiro atoms. The van der Waals surface area contributed by atoms with E-state index in [4.69, 9.17) is 4.74 Å². The molecule has 3 heteroatoms. The van der Waals surface area contributed by atoms with Crippen molar-refractivity contribution in [2.24, 2.45) is 0 Å². The van der Waals surface area contributed by atoms with Gasteiger partial charge in [-0.2, -0.15) is 0 Å². The SMILES string of the molecule is c1ccc(COc2ccc([C@H]3CNCCN3)cc2)cc1. The van der Waals surface area contributed by atoms with E-state index in [1.165, 1.54) is 11.1 Å². The Morgan fingerprint density at radius 1 is 0.950 bits per heavy atom. The highest BCUT2D eigenvalue weighted by molar-refractivity contribution is 5.30. The van der Waals surface area contributed by atoms with Gasteiger partial charge >= 0.3 is 0 Å². The maximum atomic E-state index is 5.80. The molecule has 1 heterocycles. The summed E-state index contributed by atoms with van der Waals surface area (Å²) < 4.78 is 5.80. The first-order chi connectivity index (χ1) is 9.92. The molecule has 2 aromatic carbocycles. The summed E-state index contributed by atoms with van der Waals surface area (Å²) in [6.45, 7) is 3.68. The minimum absolute atomic E-state index is 0.409. The largest absolute Gasteiger partial charge is 0.489 e. The van der Waals surface area contributed by atoms with Crippen LogP contribution in [0.2, 0.25) is 0 Å². The molecule has 1 fully saturated rings. The van der Waals surface area contributed by atoms with E-state index in [0.29, 0.717) is 12.6 Å². The Labute approximate surface area is 120 Å². The smallest absolute Gasteiger partial charge is 0.119 e. The van der Waals surface area contributed by atoms with Crippen LogP contribution in [0.15, 0.2) is 54.6 Å². The number of piperazine rings is 1. The standard InChI is InChI=1S/C17H20N2O/c1-2-4-14(5-3-1)13-20-16-8-6-15(7-9-16)17-12-18-10-11-19-17/h1-9,17-19H,10-13H2/t17-/m1/s1. The van der Waals surface area contributed by atoms with Crippen molar-refractivity contribution in [2.75, 3.05) is 19.6 Å². The first-order valence-corrected chi connectivity index (χ1v) is 7.12. The van der Waals surface area contributed by atoms with Crippen LogP contribution in [0.4, 0.5) is 0 Å². The van der Waals surface area contributed by atoms with Crippen LogP contribution in [0.3, 0.4) is 0 Å². The summed E-state index contributed by atoms with van der Waals surface area (Å²) in [7, 11) is 0. The molecule has 3 nitrogen and oxygen atoms in total. The van der Waals surface area contributed by atoms with Gasteiger partial charge in [-0.3, -0.25) is 0 Å². The first kappa shape index (κ1) is 13.2. The van der Waals surface area contributed by atoms with Gasteiger partial charge in [0.15, 0.2) is 0 Å². The maximum Gasteiger partial charge on any atom is 0.119 e. The summed E-state index contributed by atoms with van der Waals surface area (Å²) in [5, 5.41) is 6.91. The summed E-state index contributed by atoms with van der Waals surface area (Å²) in [5.74, 6) is 0.918. The lowest BCUT2D eigenvalue weighted by Crippen LogP contribution is -2.42. The summed E-state index contributed by atoms with van der Waals surface area (Å²) in [6, 6.07) is 19.0. The molecule has 3 rings (SSSR count). The topological polar surface area (TPSA) is 33.3 Å². The number of nitrogens with one attached hydrogen (secondary N) is 2. The highest BCUT2D eigenvalue weighted by Gasteiger charge is 2.13. The second-order valence-corrected chi connectivity index (χ2v) is 5.05. The molecule has 1 aliphatic heterocycles. The zero-order valence-corrected chi connectivity index (χ0v) is 11.5. The molecule has 2 aromatic rings. The minimum Gasteiger partial charge on any atom is -0.489 e. The van der Waals surface area contributed by atoms with Crippen LogP contribution in [0.5, 0.6) is 5.75 Å². The van der Waals surface area contributed by atoms with Crippen molar-refractivity contribution >= 4 is 0 Å². The van der Waals surface area contributed by atoms with Crippen molar-refractivity contribution in [2.45, 2.75) is 12.6 Å². The summed E-state index contributed by atoms with van der Waals surface area (Å²) in [6.07, 6.45) is 0. The van der Waals surface area contributed by atoms with Crippen LogP contribution < -0.4 is 15.4 Å². The molecule has 2 N–H and O–H groups in total. The fourth-order valence-corrected chi connectivity index (χ4v) is 2.43. The lowest BCUT2D eigenvalue weighted by molar-refractivity contribution is 0.306. The average molecular weight is 268 g/mol. The van der Waals surface area contributed by atoms with Crippen molar-refractivity contribution in [3.8, 4) is 5.75 Å². The van der Waals surface area contributed by atoms with Gasteiger partial charge in [-0.25, -0.2) is 0 Å². The third-order valence-electron chi connectivity index (χ3n) is 3.57. The van der Waals surface area contributed by atoms with E-state index in [2.05, 4.69) is 47.0 Å². The quantitative estimate of drug-likeness (QED) is 0.894. The minimum atomic E-state index is 0.409. The number of hydrogen-bond acceptors (Lipinski definition) is 3. The predicted molar refractivity (Wildman–Crippen MR) is 80.8 cm³/mol. The molecule has 0 aliphatic carbocycles. The van der Waals surface area contributed by atoms with Gasteiger partial charge in [-0.15, -0.1) is 0 Å². The van der Waals surface area contributed by atoms with Gasteiger partial charge < -0.3 is 15.4 Å². The Bertz CT molecular complexity index is 518. The van der Waals surface area contributed by atoms with E-state index in [-0.39, 0.29) is 0 Å². The zero-order valence-electron chi connectivity index (χ0n) is 11.5. The maximum absolute atomic E-state index is 5.80. The third-order valence-corrected chi connectivity index (χ3v) is 3.57. The molecule has 0 amide bonds. The zero-order chi connectivity index (χ0) is 13.6. The number of hydrogen-bond donors (Lipinski definition) is 2. The molecule has 1 atom stereocenters. The normalized spacial score (nSPS) is 18.7. The van der Waals surface area contributed by atoms with Crippen molar-refractivity contribution in [1.82, 2.24) is 10.6 Å². The fraction of sp³-hybridized carbons (Fsp3) is 0.294. The highest BCUT2D eigenvalue weighted by Crippen LogP contribution is 2.19. The molecule has 0 radical (unpaired) electrons. The van der Waals surface area contributed by atoms with Crippen LogP contribution in [0.1, 0.15) is 17.2 Å². The van der Waals surface area contributed by atoms with Gasteiger partial charge in [-0.1, -0.05) is 42.5 Å². The first-order valence-electron chi connectivity index (χ1n) is 7.12. The lowest BCUT2D eigenvalue weighted by Gasteiger charge is -2.24. The van der Waals surface area contributed by atoms with Crippen LogP contribution in [-0.4, -0.2) is 19.6 Å². The summed E-state index contributed by atoms with van der Waals surface area (Å²) in [4.78, 5) is 0. The summed E-state index contributed by atoms with van der Waals surface area (Å²) >= 11 is 0. The Kier molecular flexibility index (Phi) is 4.31. The average Bonchev–Trinajstić information content (AvgIpc) is 2.55. The fourth-order valence-electron chi connectivity index (χ4n) is 2.43. The van der Waals surface area contributed by atoms with Crippen LogP contribution in [-0.2, 0) is 6.61 Å². The Morgan fingerprint density at radius 2 is 1.75 bits per heavy atom. The van der Waals surface area contributed by atoms with Gasteiger partial charge in [0.1, 0.15) is 12.4 Å². The van der Waals surface area contributed by atoms with Gasteiger partial charge in [0.25, 0.3) is 0 Å². The van der Waals surface area contributed by atoms with E-state index >= 15 is 0 Å². The van der Waals surface area contributed by atoms with Crippen molar-refractivity contribution in [3.63, 3.8) is 0 Å². The van der Waals surface area contributed by atoms with E-state index in [1.807, 2.05) is 18.2 Å². The lowest BCUT2D eigenvalue weighted by atomic mass is 10.1. The van der Waals surface area contributed by atoms with Gasteiger partial charge in [-0.05, 0) is 23.3 Å². The molecule has 1 aliphatic rings.